The van der Waals surface area contributed by atoms with Crippen LogP contribution < -0.4 is 0 Å². The number of likely N-dealkylation sites (tertiary alicyclic amines) is 1. The Morgan fingerprint density at radius 2 is 1.96 bits per heavy atom. The van der Waals surface area contributed by atoms with Crippen LogP contribution in [0.5, 0.6) is 0 Å². The number of aliphatic hydroxyl groups is 1. The number of β-amino-alcohol motifs (C(OH)–C–C–N with tert-alkyl or cyclic N) is 1. The van der Waals surface area contributed by atoms with Gasteiger partial charge in [0.05, 0.1) is 13.2 Å². The van der Waals surface area contributed by atoms with E-state index >= 15 is 0 Å². The van der Waals surface area contributed by atoms with E-state index < -0.39 is 6.10 Å². The molecule has 1 aliphatic heterocycles. The SMILES string of the molecule is COC(=O)C=Cc1ccc([C@@H]2CCCN2CC(O)c2ccccc2)cc1. The van der Waals surface area contributed by atoms with Gasteiger partial charge in [0.15, 0.2) is 0 Å². The minimum Gasteiger partial charge on any atom is -0.466 e. The van der Waals surface area contributed by atoms with E-state index in [1.807, 2.05) is 42.5 Å². The summed E-state index contributed by atoms with van der Waals surface area (Å²) in [5.41, 5.74) is 3.17. The highest BCUT2D eigenvalue weighted by Gasteiger charge is 2.27. The Hall–Kier alpha value is -2.43. The maximum Gasteiger partial charge on any atom is 0.330 e. The van der Waals surface area contributed by atoms with Gasteiger partial charge in [-0.3, -0.25) is 4.90 Å². The lowest BCUT2D eigenvalue weighted by molar-refractivity contribution is -0.134. The van der Waals surface area contributed by atoms with Gasteiger partial charge in [0.1, 0.15) is 0 Å². The fourth-order valence-corrected chi connectivity index (χ4v) is 3.49. The van der Waals surface area contributed by atoms with Crippen LogP contribution in [0.1, 0.15) is 41.7 Å². The molecule has 0 radical (unpaired) electrons. The van der Waals surface area contributed by atoms with Crippen molar-refractivity contribution in [3.63, 3.8) is 0 Å². The predicted octanol–water partition coefficient (Wildman–Crippen LogP) is 3.74. The molecular formula is C22H25NO3. The van der Waals surface area contributed by atoms with Crippen molar-refractivity contribution in [3.05, 3.63) is 77.4 Å². The van der Waals surface area contributed by atoms with Crippen LogP contribution in [-0.2, 0) is 9.53 Å². The molecule has 0 spiro atoms. The molecule has 136 valence electrons. The Kier molecular flexibility index (Phi) is 6.21. The average molecular weight is 351 g/mol. The third kappa shape index (κ3) is 4.59. The summed E-state index contributed by atoms with van der Waals surface area (Å²) in [6.07, 6.45) is 4.93. The summed E-state index contributed by atoms with van der Waals surface area (Å²) >= 11 is 0. The van der Waals surface area contributed by atoms with Crippen molar-refractivity contribution in [3.8, 4) is 0 Å². The van der Waals surface area contributed by atoms with Crippen LogP contribution in [0.25, 0.3) is 6.08 Å². The molecule has 1 fully saturated rings. The van der Waals surface area contributed by atoms with Gasteiger partial charge in [0.2, 0.25) is 0 Å². The lowest BCUT2D eigenvalue weighted by Gasteiger charge is -2.27. The molecule has 26 heavy (non-hydrogen) atoms. The van der Waals surface area contributed by atoms with Crippen molar-refractivity contribution < 1.29 is 14.6 Å². The van der Waals surface area contributed by atoms with Crippen LogP contribution in [-0.4, -0.2) is 36.2 Å². The second-order valence-corrected chi connectivity index (χ2v) is 6.60. The van der Waals surface area contributed by atoms with Gasteiger partial charge >= 0.3 is 5.97 Å². The third-order valence-corrected chi connectivity index (χ3v) is 4.89. The molecule has 1 N–H and O–H groups in total. The highest BCUT2D eigenvalue weighted by atomic mass is 16.5. The molecule has 0 saturated carbocycles. The lowest BCUT2D eigenvalue weighted by atomic mass is 10.0. The van der Waals surface area contributed by atoms with E-state index in [4.69, 9.17) is 0 Å². The van der Waals surface area contributed by atoms with Crippen molar-refractivity contribution in [2.45, 2.75) is 25.0 Å². The normalized spacial score (nSPS) is 18.9. The predicted molar refractivity (Wildman–Crippen MR) is 102 cm³/mol. The van der Waals surface area contributed by atoms with Crippen LogP contribution >= 0.6 is 0 Å². The number of aliphatic hydroxyl groups excluding tert-OH is 1. The fourth-order valence-electron chi connectivity index (χ4n) is 3.49. The van der Waals surface area contributed by atoms with E-state index in [9.17, 15) is 9.90 Å². The zero-order valence-corrected chi connectivity index (χ0v) is 15.0. The molecular weight excluding hydrogens is 326 g/mol. The second-order valence-electron chi connectivity index (χ2n) is 6.60. The molecule has 2 aromatic carbocycles. The number of methoxy groups -OCH3 is 1. The molecule has 2 atom stereocenters. The van der Waals surface area contributed by atoms with Gasteiger partial charge in [-0.2, -0.15) is 0 Å². The van der Waals surface area contributed by atoms with Crippen LogP contribution in [0.2, 0.25) is 0 Å². The molecule has 4 heteroatoms. The third-order valence-electron chi connectivity index (χ3n) is 4.89. The van der Waals surface area contributed by atoms with Gasteiger partial charge in [-0.05, 0) is 42.2 Å². The summed E-state index contributed by atoms with van der Waals surface area (Å²) in [5.74, 6) is -0.356. The molecule has 0 bridgehead atoms. The Morgan fingerprint density at radius 1 is 1.23 bits per heavy atom. The zero-order valence-electron chi connectivity index (χ0n) is 15.0. The highest BCUT2D eigenvalue weighted by molar-refractivity contribution is 5.86. The van der Waals surface area contributed by atoms with Crippen LogP contribution in [0.4, 0.5) is 0 Å². The molecule has 1 heterocycles. The Balaban J connectivity index is 1.66. The first-order chi connectivity index (χ1) is 12.7. The molecule has 3 rings (SSSR count). The van der Waals surface area contributed by atoms with Gasteiger partial charge in [-0.15, -0.1) is 0 Å². The number of nitrogens with zero attached hydrogens (tertiary/aromatic N) is 1. The average Bonchev–Trinajstić information content (AvgIpc) is 3.15. The number of hydrogen-bond acceptors (Lipinski definition) is 4. The molecule has 1 unspecified atom stereocenters. The lowest BCUT2D eigenvalue weighted by Crippen LogP contribution is -2.28. The van der Waals surface area contributed by atoms with Gasteiger partial charge in [-0.25, -0.2) is 4.79 Å². The number of rotatable bonds is 6. The summed E-state index contributed by atoms with van der Waals surface area (Å²) in [7, 11) is 1.37. The van der Waals surface area contributed by atoms with E-state index in [1.165, 1.54) is 18.7 Å². The first kappa shape index (κ1) is 18.4. The van der Waals surface area contributed by atoms with Crippen molar-refractivity contribution in [2.75, 3.05) is 20.2 Å². The minimum atomic E-state index is -0.473. The van der Waals surface area contributed by atoms with Crippen molar-refractivity contribution >= 4 is 12.0 Å². The molecule has 1 aliphatic rings. The quantitative estimate of drug-likeness (QED) is 0.636. The standard InChI is InChI=1S/C22H25NO3/c1-26-22(25)14-11-17-9-12-18(13-10-17)20-8-5-15-23(20)16-21(24)19-6-3-2-4-7-19/h2-4,6-7,9-14,20-21,24H,5,8,15-16H2,1H3/t20-,21?/m0/s1. The smallest absolute Gasteiger partial charge is 0.330 e. The topological polar surface area (TPSA) is 49.8 Å². The van der Waals surface area contributed by atoms with Crippen LogP contribution in [0.15, 0.2) is 60.7 Å². The fraction of sp³-hybridized carbons (Fsp3) is 0.318. The minimum absolute atomic E-state index is 0.326. The summed E-state index contributed by atoms with van der Waals surface area (Å²) in [5, 5.41) is 10.5. The Bertz CT molecular complexity index is 740. The number of carbonyl (C=O) groups excluding carboxylic acids is 1. The van der Waals surface area contributed by atoms with Gasteiger partial charge in [0.25, 0.3) is 0 Å². The number of carbonyl (C=O) groups is 1. The molecule has 2 aromatic rings. The summed E-state index contributed by atoms with van der Waals surface area (Å²) < 4.78 is 4.61. The van der Waals surface area contributed by atoms with Gasteiger partial charge in [0, 0.05) is 18.7 Å². The van der Waals surface area contributed by atoms with E-state index in [2.05, 4.69) is 21.8 Å². The largest absolute Gasteiger partial charge is 0.466 e. The Labute approximate surface area is 154 Å². The second kappa shape index (κ2) is 8.79. The molecule has 0 amide bonds. The molecule has 0 aliphatic carbocycles. The maximum atomic E-state index is 11.2. The van der Waals surface area contributed by atoms with Crippen molar-refractivity contribution in [2.24, 2.45) is 0 Å². The number of benzene rings is 2. The highest BCUT2D eigenvalue weighted by Crippen LogP contribution is 2.33. The monoisotopic (exact) mass is 351 g/mol. The zero-order chi connectivity index (χ0) is 18.4. The number of ether oxygens (including phenoxy) is 1. The van der Waals surface area contributed by atoms with E-state index in [-0.39, 0.29) is 5.97 Å². The first-order valence-electron chi connectivity index (χ1n) is 9.00. The summed E-state index contributed by atoms with van der Waals surface area (Å²) in [4.78, 5) is 13.5. The first-order valence-corrected chi connectivity index (χ1v) is 9.00. The Morgan fingerprint density at radius 3 is 2.65 bits per heavy atom. The summed E-state index contributed by atoms with van der Waals surface area (Å²) in [6, 6.07) is 18.4. The van der Waals surface area contributed by atoms with Crippen molar-refractivity contribution in [1.29, 1.82) is 0 Å². The van der Waals surface area contributed by atoms with Crippen LogP contribution in [0.3, 0.4) is 0 Å². The van der Waals surface area contributed by atoms with Crippen molar-refractivity contribution in [1.82, 2.24) is 4.90 Å². The van der Waals surface area contributed by atoms with E-state index in [1.54, 1.807) is 6.08 Å². The van der Waals surface area contributed by atoms with Gasteiger partial charge < -0.3 is 9.84 Å². The van der Waals surface area contributed by atoms with E-state index in [0.717, 1.165) is 30.5 Å². The number of hydrogen-bond donors (Lipinski definition) is 1. The molecule has 4 nitrogen and oxygen atoms in total. The maximum absolute atomic E-state index is 11.2. The summed E-state index contributed by atoms with van der Waals surface area (Å²) in [6.45, 7) is 1.64. The molecule has 0 aromatic heterocycles. The van der Waals surface area contributed by atoms with Gasteiger partial charge in [-0.1, -0.05) is 54.6 Å². The molecule has 1 saturated heterocycles. The van der Waals surface area contributed by atoms with E-state index in [0.29, 0.717) is 12.6 Å². The van der Waals surface area contributed by atoms with Crippen LogP contribution in [0, 0.1) is 0 Å². The number of esters is 1.